The zero-order valence-electron chi connectivity index (χ0n) is 16.7. The molecule has 1 aliphatic rings. The van der Waals surface area contributed by atoms with Crippen LogP contribution in [0.15, 0.2) is 54.2 Å². The monoisotopic (exact) mass is 394 g/mol. The Hall–Kier alpha value is -3.61. The molecule has 0 saturated carbocycles. The smallest absolute Gasteiger partial charge is 0.350 e. The van der Waals surface area contributed by atoms with Gasteiger partial charge in [0.05, 0.1) is 11.3 Å². The summed E-state index contributed by atoms with van der Waals surface area (Å²) in [5, 5.41) is 5.73. The Balaban J connectivity index is 1.82. The highest BCUT2D eigenvalue weighted by atomic mass is 16.7. The van der Waals surface area contributed by atoms with Crippen molar-refractivity contribution >= 4 is 29.2 Å². The molecule has 0 spiro atoms. The molecule has 0 unspecified atom stereocenters. The van der Waals surface area contributed by atoms with Crippen molar-refractivity contribution in [2.45, 2.75) is 33.5 Å². The van der Waals surface area contributed by atoms with Gasteiger partial charge in [-0.3, -0.25) is 4.79 Å². The van der Waals surface area contributed by atoms with E-state index in [4.69, 9.17) is 9.47 Å². The Morgan fingerprint density at radius 3 is 2.31 bits per heavy atom. The molecule has 150 valence electrons. The number of cyclic esters (lactones) is 2. The molecule has 1 amide bonds. The predicted molar refractivity (Wildman–Crippen MR) is 108 cm³/mol. The number of esters is 2. The Morgan fingerprint density at radius 2 is 1.62 bits per heavy atom. The van der Waals surface area contributed by atoms with E-state index >= 15 is 0 Å². The minimum absolute atomic E-state index is 0.283. The predicted octanol–water partition coefficient (Wildman–Crippen LogP) is 3.69. The van der Waals surface area contributed by atoms with Gasteiger partial charge < -0.3 is 20.1 Å². The molecule has 0 radical (unpaired) electrons. The van der Waals surface area contributed by atoms with Gasteiger partial charge in [0.1, 0.15) is 0 Å². The molecule has 2 aromatic rings. The largest absolute Gasteiger partial charge is 0.419 e. The van der Waals surface area contributed by atoms with Crippen molar-refractivity contribution in [1.82, 2.24) is 0 Å². The van der Waals surface area contributed by atoms with Crippen molar-refractivity contribution in [2.75, 3.05) is 10.6 Å². The Labute approximate surface area is 168 Å². The lowest BCUT2D eigenvalue weighted by atomic mass is 10.1. The van der Waals surface area contributed by atoms with Crippen LogP contribution in [0.3, 0.4) is 0 Å². The summed E-state index contributed by atoms with van der Waals surface area (Å²) in [7, 11) is 0. The third kappa shape index (κ3) is 4.63. The maximum Gasteiger partial charge on any atom is 0.350 e. The van der Waals surface area contributed by atoms with Crippen LogP contribution in [0.4, 0.5) is 11.4 Å². The molecule has 1 fully saturated rings. The minimum atomic E-state index is -1.31. The van der Waals surface area contributed by atoms with Crippen LogP contribution in [-0.4, -0.2) is 23.6 Å². The van der Waals surface area contributed by atoms with Crippen LogP contribution in [-0.2, 0) is 19.1 Å². The van der Waals surface area contributed by atoms with Gasteiger partial charge in [-0.1, -0.05) is 24.3 Å². The highest BCUT2D eigenvalue weighted by Crippen LogP contribution is 2.24. The third-order valence-corrected chi connectivity index (χ3v) is 4.30. The average molecular weight is 394 g/mol. The van der Waals surface area contributed by atoms with E-state index < -0.39 is 17.7 Å². The second-order valence-electron chi connectivity index (χ2n) is 7.20. The number of carbonyl (C=O) groups is 3. The van der Waals surface area contributed by atoms with E-state index in [1.54, 1.807) is 24.3 Å². The molecule has 2 N–H and O–H groups in total. The van der Waals surface area contributed by atoms with Crippen LogP contribution in [0.1, 0.15) is 35.3 Å². The summed E-state index contributed by atoms with van der Waals surface area (Å²) < 4.78 is 10.1. The maximum absolute atomic E-state index is 12.8. The average Bonchev–Trinajstić information content (AvgIpc) is 2.63. The molecule has 7 nitrogen and oxygen atoms in total. The molecule has 0 aromatic heterocycles. The fourth-order valence-electron chi connectivity index (χ4n) is 2.80. The lowest BCUT2D eigenvalue weighted by molar-refractivity contribution is -0.222. The van der Waals surface area contributed by atoms with Gasteiger partial charge in [-0.05, 0) is 43.2 Å². The van der Waals surface area contributed by atoms with Gasteiger partial charge in [-0.2, -0.15) is 0 Å². The standard InChI is InChI=1S/C22H22N2O5/c1-13-9-10-14(2)18(11-13)24-19(25)15-7-5-6-8-17(15)23-12-16-20(26)28-22(3,4)29-21(16)27/h5-12,23H,1-4H3,(H,24,25). The van der Waals surface area contributed by atoms with Gasteiger partial charge in [0.2, 0.25) is 0 Å². The Morgan fingerprint density at radius 1 is 0.966 bits per heavy atom. The number of amides is 1. The minimum Gasteiger partial charge on any atom is -0.419 e. The molecular weight excluding hydrogens is 372 g/mol. The van der Waals surface area contributed by atoms with Crippen molar-refractivity contribution in [3.05, 3.63) is 70.9 Å². The van der Waals surface area contributed by atoms with Crippen molar-refractivity contribution in [3.63, 3.8) is 0 Å². The maximum atomic E-state index is 12.8. The number of hydrogen-bond acceptors (Lipinski definition) is 6. The summed E-state index contributed by atoms with van der Waals surface area (Å²) in [5.41, 5.74) is 3.17. The van der Waals surface area contributed by atoms with E-state index in [-0.39, 0.29) is 11.5 Å². The number of hydrogen-bond donors (Lipinski definition) is 2. The van der Waals surface area contributed by atoms with E-state index in [2.05, 4.69) is 10.6 Å². The van der Waals surface area contributed by atoms with Crippen LogP contribution in [0, 0.1) is 13.8 Å². The number of carbonyl (C=O) groups excluding carboxylic acids is 3. The van der Waals surface area contributed by atoms with Gasteiger partial charge in [0.25, 0.3) is 11.7 Å². The first-order chi connectivity index (χ1) is 13.7. The molecule has 0 atom stereocenters. The van der Waals surface area contributed by atoms with Crippen molar-refractivity contribution in [1.29, 1.82) is 0 Å². The number of ether oxygens (including phenoxy) is 2. The molecule has 7 heteroatoms. The first-order valence-electron chi connectivity index (χ1n) is 9.07. The number of rotatable bonds is 4. The van der Waals surface area contributed by atoms with Gasteiger partial charge in [-0.15, -0.1) is 0 Å². The van der Waals surface area contributed by atoms with Crippen molar-refractivity contribution in [2.24, 2.45) is 0 Å². The molecular formula is C22H22N2O5. The first-order valence-corrected chi connectivity index (χ1v) is 9.07. The fourth-order valence-corrected chi connectivity index (χ4v) is 2.80. The highest BCUT2D eigenvalue weighted by Gasteiger charge is 2.39. The zero-order valence-corrected chi connectivity index (χ0v) is 16.7. The van der Waals surface area contributed by atoms with Crippen LogP contribution < -0.4 is 10.6 Å². The second kappa shape index (κ2) is 7.79. The number of benzene rings is 2. The number of anilines is 2. The van der Waals surface area contributed by atoms with Gasteiger partial charge in [-0.25, -0.2) is 9.59 Å². The van der Waals surface area contributed by atoms with Crippen LogP contribution in [0.2, 0.25) is 0 Å². The number of nitrogens with one attached hydrogen (secondary N) is 2. The molecule has 29 heavy (non-hydrogen) atoms. The van der Waals surface area contributed by atoms with Crippen LogP contribution in [0.25, 0.3) is 0 Å². The Bertz CT molecular complexity index is 1000. The summed E-state index contributed by atoms with van der Waals surface area (Å²) in [6.07, 6.45) is 1.18. The normalized spacial score (nSPS) is 15.2. The van der Waals surface area contributed by atoms with E-state index in [0.29, 0.717) is 16.9 Å². The SMILES string of the molecule is Cc1ccc(C)c(NC(=O)c2ccccc2NC=C2C(=O)OC(C)(C)OC2=O)c1. The second-order valence-corrected chi connectivity index (χ2v) is 7.20. The number of aryl methyl sites for hydroxylation is 2. The van der Waals surface area contributed by atoms with Crippen LogP contribution in [0.5, 0.6) is 0 Å². The summed E-state index contributed by atoms with van der Waals surface area (Å²) in [6, 6.07) is 12.6. The quantitative estimate of drug-likeness (QED) is 0.467. The zero-order chi connectivity index (χ0) is 21.2. The Kier molecular flexibility index (Phi) is 5.41. The molecule has 1 aliphatic heterocycles. The van der Waals surface area contributed by atoms with Gasteiger partial charge in [0.15, 0.2) is 5.57 Å². The van der Waals surface area contributed by atoms with Gasteiger partial charge >= 0.3 is 11.9 Å². The fraction of sp³-hybridized carbons (Fsp3) is 0.227. The summed E-state index contributed by atoms with van der Waals surface area (Å²) >= 11 is 0. The molecule has 1 heterocycles. The number of para-hydroxylation sites is 1. The van der Waals surface area contributed by atoms with E-state index in [1.165, 1.54) is 20.0 Å². The third-order valence-electron chi connectivity index (χ3n) is 4.30. The lowest BCUT2D eigenvalue weighted by Gasteiger charge is -2.29. The molecule has 1 saturated heterocycles. The van der Waals surface area contributed by atoms with Crippen LogP contribution >= 0.6 is 0 Å². The molecule has 0 bridgehead atoms. The lowest BCUT2D eigenvalue weighted by Crippen LogP contribution is -2.42. The van der Waals surface area contributed by atoms with Gasteiger partial charge in [0, 0.05) is 25.7 Å². The summed E-state index contributed by atoms with van der Waals surface area (Å²) in [6.45, 7) is 6.80. The van der Waals surface area contributed by atoms with E-state index in [9.17, 15) is 14.4 Å². The molecule has 2 aromatic carbocycles. The highest BCUT2D eigenvalue weighted by molar-refractivity contribution is 6.15. The van der Waals surface area contributed by atoms with E-state index in [0.717, 1.165) is 11.1 Å². The van der Waals surface area contributed by atoms with Crippen molar-refractivity contribution in [3.8, 4) is 0 Å². The van der Waals surface area contributed by atoms with Crippen molar-refractivity contribution < 1.29 is 23.9 Å². The molecule has 0 aliphatic carbocycles. The first kappa shape index (κ1) is 20.1. The van der Waals surface area contributed by atoms with E-state index in [1.807, 2.05) is 32.0 Å². The summed E-state index contributed by atoms with van der Waals surface area (Å²) in [5.74, 6) is -3.23. The topological polar surface area (TPSA) is 93.7 Å². The molecule has 3 rings (SSSR count). The summed E-state index contributed by atoms with van der Waals surface area (Å²) in [4.78, 5) is 36.9.